The third-order valence-electron chi connectivity index (χ3n) is 4.25. The van der Waals surface area contributed by atoms with Crippen molar-refractivity contribution in [2.24, 2.45) is 0 Å². The van der Waals surface area contributed by atoms with E-state index in [9.17, 15) is 18.8 Å². The zero-order valence-electron chi connectivity index (χ0n) is 12.5. The molecule has 1 aromatic rings. The fourth-order valence-electron chi connectivity index (χ4n) is 3.07. The SMILES string of the molecule is O=C1NC(=O)N(C2CCCCC2)C(=O)C1=Cc1ccc(F)cc1. The Morgan fingerprint density at radius 1 is 1.04 bits per heavy atom. The molecule has 6 heteroatoms. The van der Waals surface area contributed by atoms with Gasteiger partial charge in [0.15, 0.2) is 0 Å². The quantitative estimate of drug-likeness (QED) is 0.674. The molecule has 3 rings (SSSR count). The third-order valence-corrected chi connectivity index (χ3v) is 4.25. The van der Waals surface area contributed by atoms with Crippen molar-refractivity contribution < 1.29 is 18.8 Å². The topological polar surface area (TPSA) is 66.5 Å². The van der Waals surface area contributed by atoms with E-state index in [1.807, 2.05) is 0 Å². The van der Waals surface area contributed by atoms with E-state index in [2.05, 4.69) is 5.32 Å². The van der Waals surface area contributed by atoms with E-state index in [4.69, 9.17) is 0 Å². The molecule has 1 aliphatic carbocycles. The molecule has 0 radical (unpaired) electrons. The summed E-state index contributed by atoms with van der Waals surface area (Å²) in [7, 11) is 0. The third kappa shape index (κ3) is 3.16. The normalized spacial score (nSPS) is 21.7. The summed E-state index contributed by atoms with van der Waals surface area (Å²) in [5.41, 5.74) is 0.435. The lowest BCUT2D eigenvalue weighted by Gasteiger charge is -2.35. The summed E-state index contributed by atoms with van der Waals surface area (Å²) in [5, 5.41) is 2.22. The maximum Gasteiger partial charge on any atom is 0.331 e. The van der Waals surface area contributed by atoms with Crippen LogP contribution in [0.15, 0.2) is 29.8 Å². The number of nitrogens with zero attached hydrogens (tertiary/aromatic N) is 1. The second-order valence-electron chi connectivity index (χ2n) is 5.84. The predicted molar refractivity (Wildman–Crippen MR) is 81.6 cm³/mol. The van der Waals surface area contributed by atoms with Gasteiger partial charge in [-0.1, -0.05) is 31.4 Å². The molecule has 1 N–H and O–H groups in total. The highest BCUT2D eigenvalue weighted by Gasteiger charge is 2.40. The van der Waals surface area contributed by atoms with Gasteiger partial charge in [0.05, 0.1) is 0 Å². The van der Waals surface area contributed by atoms with Crippen molar-refractivity contribution in [3.05, 3.63) is 41.2 Å². The monoisotopic (exact) mass is 316 g/mol. The lowest BCUT2D eigenvalue weighted by Crippen LogP contribution is -2.58. The molecule has 1 aliphatic heterocycles. The molecule has 0 atom stereocenters. The number of nitrogens with one attached hydrogen (secondary N) is 1. The summed E-state index contributed by atoms with van der Waals surface area (Å²) in [6.07, 6.45) is 5.93. The number of benzene rings is 1. The number of hydrogen-bond donors (Lipinski definition) is 1. The number of urea groups is 1. The smallest absolute Gasteiger partial charge is 0.273 e. The number of carbonyl (C=O) groups excluding carboxylic acids is 3. The first-order valence-corrected chi connectivity index (χ1v) is 7.72. The molecule has 1 saturated carbocycles. The molecule has 1 saturated heterocycles. The van der Waals surface area contributed by atoms with Crippen LogP contribution in [0.5, 0.6) is 0 Å². The van der Waals surface area contributed by atoms with Crippen LogP contribution in [0.4, 0.5) is 9.18 Å². The Kier molecular flexibility index (Phi) is 4.23. The molecule has 0 bridgehead atoms. The van der Waals surface area contributed by atoms with E-state index in [-0.39, 0.29) is 11.6 Å². The van der Waals surface area contributed by atoms with Crippen molar-refractivity contribution >= 4 is 23.9 Å². The Labute approximate surface area is 133 Å². The zero-order valence-corrected chi connectivity index (χ0v) is 12.5. The van der Waals surface area contributed by atoms with Crippen LogP contribution in [0.3, 0.4) is 0 Å². The molecule has 1 heterocycles. The number of rotatable bonds is 2. The summed E-state index contributed by atoms with van der Waals surface area (Å²) in [6.45, 7) is 0. The van der Waals surface area contributed by atoms with Gasteiger partial charge >= 0.3 is 6.03 Å². The van der Waals surface area contributed by atoms with Crippen molar-refractivity contribution in [2.75, 3.05) is 0 Å². The van der Waals surface area contributed by atoms with Crippen LogP contribution in [-0.2, 0) is 9.59 Å². The largest absolute Gasteiger partial charge is 0.331 e. The highest BCUT2D eigenvalue weighted by Crippen LogP contribution is 2.26. The average Bonchev–Trinajstić information content (AvgIpc) is 2.54. The fraction of sp³-hybridized carbons (Fsp3) is 0.353. The maximum absolute atomic E-state index is 13.0. The van der Waals surface area contributed by atoms with Crippen molar-refractivity contribution in [2.45, 2.75) is 38.1 Å². The Balaban J connectivity index is 1.90. The molecule has 0 spiro atoms. The summed E-state index contributed by atoms with van der Waals surface area (Å²) in [5.74, 6) is -1.68. The van der Waals surface area contributed by atoms with Crippen molar-refractivity contribution in [1.29, 1.82) is 0 Å². The van der Waals surface area contributed by atoms with E-state index in [0.717, 1.165) is 37.0 Å². The number of hydrogen-bond acceptors (Lipinski definition) is 3. The summed E-state index contributed by atoms with van der Waals surface area (Å²) >= 11 is 0. The van der Waals surface area contributed by atoms with E-state index in [1.54, 1.807) is 0 Å². The molecule has 2 aliphatic rings. The maximum atomic E-state index is 13.0. The van der Waals surface area contributed by atoms with Crippen molar-refractivity contribution in [3.8, 4) is 0 Å². The van der Waals surface area contributed by atoms with E-state index in [0.29, 0.717) is 5.56 Å². The number of barbiturate groups is 1. The lowest BCUT2D eigenvalue weighted by molar-refractivity contribution is -0.132. The van der Waals surface area contributed by atoms with Gasteiger partial charge in [-0.3, -0.25) is 19.8 Å². The van der Waals surface area contributed by atoms with Gasteiger partial charge in [0, 0.05) is 6.04 Å². The first-order valence-electron chi connectivity index (χ1n) is 7.72. The zero-order chi connectivity index (χ0) is 16.4. The molecule has 4 amide bonds. The minimum Gasteiger partial charge on any atom is -0.273 e. The van der Waals surface area contributed by atoms with Gasteiger partial charge in [0.1, 0.15) is 11.4 Å². The molecular weight excluding hydrogens is 299 g/mol. The standard InChI is InChI=1S/C17H17FN2O3/c18-12-8-6-11(7-9-12)10-14-15(21)19-17(23)20(16(14)22)13-4-2-1-3-5-13/h6-10,13H,1-5H2,(H,19,21,23). The number of amides is 4. The molecule has 1 aromatic carbocycles. The second-order valence-corrected chi connectivity index (χ2v) is 5.84. The van der Waals surface area contributed by atoms with Crippen LogP contribution in [0.25, 0.3) is 6.08 Å². The highest BCUT2D eigenvalue weighted by molar-refractivity contribution is 6.31. The van der Waals surface area contributed by atoms with Crippen LogP contribution in [-0.4, -0.2) is 28.8 Å². The van der Waals surface area contributed by atoms with Gasteiger partial charge in [-0.2, -0.15) is 0 Å². The van der Waals surface area contributed by atoms with Crippen molar-refractivity contribution in [3.63, 3.8) is 0 Å². The van der Waals surface area contributed by atoms with Crippen LogP contribution >= 0.6 is 0 Å². The Morgan fingerprint density at radius 3 is 2.35 bits per heavy atom. The van der Waals surface area contributed by atoms with Gasteiger partial charge in [-0.15, -0.1) is 0 Å². The Morgan fingerprint density at radius 2 is 1.70 bits per heavy atom. The van der Waals surface area contributed by atoms with Gasteiger partial charge in [-0.05, 0) is 36.6 Å². The van der Waals surface area contributed by atoms with Crippen LogP contribution in [0.1, 0.15) is 37.7 Å². The molecule has 120 valence electrons. The number of imide groups is 2. The summed E-state index contributed by atoms with van der Waals surface area (Å²) in [6, 6.07) is 4.64. The molecule has 0 aromatic heterocycles. The predicted octanol–water partition coefficient (Wildman–Crippen LogP) is 2.62. The molecule has 5 nitrogen and oxygen atoms in total. The van der Waals surface area contributed by atoms with Crippen LogP contribution in [0, 0.1) is 5.82 Å². The van der Waals surface area contributed by atoms with Crippen LogP contribution in [0.2, 0.25) is 0 Å². The average molecular weight is 316 g/mol. The number of halogens is 1. The minimum atomic E-state index is -0.712. The molecule has 0 unspecified atom stereocenters. The number of carbonyl (C=O) groups is 3. The van der Waals surface area contributed by atoms with E-state index in [1.165, 1.54) is 30.3 Å². The fourth-order valence-corrected chi connectivity index (χ4v) is 3.07. The van der Waals surface area contributed by atoms with Gasteiger partial charge in [0.25, 0.3) is 11.8 Å². The Hall–Kier alpha value is -2.50. The molecule has 2 fully saturated rings. The lowest BCUT2D eigenvalue weighted by atomic mass is 9.93. The van der Waals surface area contributed by atoms with Gasteiger partial charge in [-0.25, -0.2) is 9.18 Å². The van der Waals surface area contributed by atoms with E-state index < -0.39 is 23.7 Å². The first-order chi connectivity index (χ1) is 11.1. The molecule has 23 heavy (non-hydrogen) atoms. The second kappa shape index (κ2) is 6.32. The van der Waals surface area contributed by atoms with Gasteiger partial charge < -0.3 is 0 Å². The summed E-state index contributed by atoms with van der Waals surface area (Å²) in [4.78, 5) is 37.8. The summed E-state index contributed by atoms with van der Waals surface area (Å²) < 4.78 is 13.0. The minimum absolute atomic E-state index is 0.0956. The highest BCUT2D eigenvalue weighted by atomic mass is 19.1. The molecular formula is C17H17FN2O3. The van der Waals surface area contributed by atoms with E-state index >= 15 is 0 Å². The first kappa shape index (κ1) is 15.4. The van der Waals surface area contributed by atoms with Gasteiger partial charge in [0.2, 0.25) is 0 Å². The van der Waals surface area contributed by atoms with Crippen LogP contribution < -0.4 is 5.32 Å². The Bertz CT molecular complexity index is 676. The van der Waals surface area contributed by atoms with Crippen molar-refractivity contribution in [1.82, 2.24) is 10.2 Å².